The number of aromatic hydroxyl groups is 1. The lowest BCUT2D eigenvalue weighted by atomic mass is 10.1. The molecule has 0 aliphatic rings. The van der Waals surface area contributed by atoms with E-state index >= 15 is 0 Å². The number of aliphatic carboxylic acids is 1. The van der Waals surface area contributed by atoms with Crippen LogP contribution >= 0.6 is 11.6 Å². The smallest absolute Gasteiger partial charge is 0.307 e. The quantitative estimate of drug-likeness (QED) is 0.825. The van der Waals surface area contributed by atoms with Crippen molar-refractivity contribution in [3.63, 3.8) is 0 Å². The van der Waals surface area contributed by atoms with Crippen molar-refractivity contribution in [3.05, 3.63) is 29.0 Å². The van der Waals surface area contributed by atoms with Crippen LogP contribution in [-0.2, 0) is 11.2 Å². The standard InChI is InChI=1S/C10H7ClO4/c11-9-7(12)2-1-6-5(3-8(13)14)4-15-10(6)9/h1-2,4,12H,3H2,(H,13,14). The van der Waals surface area contributed by atoms with Crippen molar-refractivity contribution in [1.29, 1.82) is 0 Å². The molecule has 2 rings (SSSR count). The molecule has 0 aliphatic heterocycles. The summed E-state index contributed by atoms with van der Waals surface area (Å²) in [7, 11) is 0. The topological polar surface area (TPSA) is 70.7 Å². The Morgan fingerprint density at radius 3 is 2.87 bits per heavy atom. The molecule has 5 heteroatoms. The van der Waals surface area contributed by atoms with Crippen LogP contribution in [0.25, 0.3) is 11.0 Å². The van der Waals surface area contributed by atoms with Crippen molar-refractivity contribution >= 4 is 28.5 Å². The van der Waals surface area contributed by atoms with Crippen LogP contribution in [0.2, 0.25) is 5.02 Å². The van der Waals surface area contributed by atoms with E-state index in [9.17, 15) is 9.90 Å². The summed E-state index contributed by atoms with van der Waals surface area (Å²) >= 11 is 5.78. The summed E-state index contributed by atoms with van der Waals surface area (Å²) in [5.41, 5.74) is 0.854. The van der Waals surface area contributed by atoms with Gasteiger partial charge in [0, 0.05) is 10.9 Å². The van der Waals surface area contributed by atoms with E-state index in [1.807, 2.05) is 0 Å². The van der Waals surface area contributed by atoms with Gasteiger partial charge in [0.1, 0.15) is 10.8 Å². The molecule has 0 atom stereocenters. The zero-order valence-electron chi connectivity index (χ0n) is 7.53. The summed E-state index contributed by atoms with van der Waals surface area (Å²) in [6.45, 7) is 0. The molecule has 0 aliphatic carbocycles. The van der Waals surface area contributed by atoms with Gasteiger partial charge in [-0.1, -0.05) is 11.6 Å². The van der Waals surface area contributed by atoms with E-state index in [4.69, 9.17) is 21.1 Å². The summed E-state index contributed by atoms with van der Waals surface area (Å²) in [6, 6.07) is 2.99. The first-order chi connectivity index (χ1) is 7.09. The van der Waals surface area contributed by atoms with Crippen LogP contribution < -0.4 is 0 Å². The van der Waals surface area contributed by atoms with E-state index in [2.05, 4.69) is 0 Å². The molecule has 4 nitrogen and oxygen atoms in total. The minimum Gasteiger partial charge on any atom is -0.506 e. The van der Waals surface area contributed by atoms with Crippen LogP contribution in [0.1, 0.15) is 5.56 Å². The van der Waals surface area contributed by atoms with Gasteiger partial charge in [-0.15, -0.1) is 0 Å². The SMILES string of the molecule is O=C(O)Cc1coc2c(Cl)c(O)ccc12. The molecule has 0 spiro atoms. The number of phenolic OH excluding ortho intramolecular Hbond substituents is 1. The Bertz CT molecular complexity index is 529. The molecule has 78 valence electrons. The maximum absolute atomic E-state index is 10.5. The number of rotatable bonds is 2. The molecular weight excluding hydrogens is 220 g/mol. The van der Waals surface area contributed by atoms with Gasteiger partial charge in [-0.05, 0) is 12.1 Å². The second-order valence-corrected chi connectivity index (χ2v) is 3.48. The minimum atomic E-state index is -0.943. The second-order valence-electron chi connectivity index (χ2n) is 3.11. The molecular formula is C10H7ClO4. The van der Waals surface area contributed by atoms with Gasteiger partial charge in [0.25, 0.3) is 0 Å². The summed E-state index contributed by atoms with van der Waals surface area (Å²) < 4.78 is 5.11. The van der Waals surface area contributed by atoms with E-state index in [1.165, 1.54) is 12.3 Å². The third-order valence-electron chi connectivity index (χ3n) is 2.08. The molecule has 2 aromatic rings. The van der Waals surface area contributed by atoms with Gasteiger partial charge in [-0.25, -0.2) is 0 Å². The Hall–Kier alpha value is -1.68. The average molecular weight is 227 g/mol. The fraction of sp³-hybridized carbons (Fsp3) is 0.100. The highest BCUT2D eigenvalue weighted by atomic mass is 35.5. The Labute approximate surface area is 89.7 Å². The molecule has 2 N–H and O–H groups in total. The van der Waals surface area contributed by atoms with Gasteiger partial charge in [-0.3, -0.25) is 4.79 Å². The van der Waals surface area contributed by atoms with E-state index < -0.39 is 5.97 Å². The fourth-order valence-corrected chi connectivity index (χ4v) is 1.62. The third kappa shape index (κ3) is 1.64. The lowest BCUT2D eigenvalue weighted by molar-refractivity contribution is -0.136. The number of phenols is 1. The lowest BCUT2D eigenvalue weighted by Gasteiger charge is -1.97. The predicted molar refractivity (Wildman–Crippen MR) is 54.2 cm³/mol. The Morgan fingerprint density at radius 2 is 2.20 bits per heavy atom. The first-order valence-electron chi connectivity index (χ1n) is 4.19. The van der Waals surface area contributed by atoms with E-state index in [0.29, 0.717) is 16.5 Å². The van der Waals surface area contributed by atoms with Crippen LogP contribution in [-0.4, -0.2) is 16.2 Å². The molecule has 0 unspecified atom stereocenters. The predicted octanol–water partition coefficient (Wildman–Crippen LogP) is 2.42. The monoisotopic (exact) mass is 226 g/mol. The summed E-state index contributed by atoms with van der Waals surface area (Å²) in [4.78, 5) is 10.5. The van der Waals surface area contributed by atoms with Crippen molar-refractivity contribution < 1.29 is 19.4 Å². The van der Waals surface area contributed by atoms with Crippen molar-refractivity contribution in [2.45, 2.75) is 6.42 Å². The van der Waals surface area contributed by atoms with Crippen molar-refractivity contribution in [2.75, 3.05) is 0 Å². The van der Waals surface area contributed by atoms with Crippen LogP contribution in [0.3, 0.4) is 0 Å². The molecule has 1 heterocycles. The first-order valence-corrected chi connectivity index (χ1v) is 4.56. The number of hydrogen-bond donors (Lipinski definition) is 2. The van der Waals surface area contributed by atoms with Crippen LogP contribution in [0.4, 0.5) is 0 Å². The van der Waals surface area contributed by atoms with Crippen LogP contribution in [0.5, 0.6) is 5.75 Å². The Kier molecular flexibility index (Phi) is 2.28. The summed E-state index contributed by atoms with van der Waals surface area (Å²) in [6.07, 6.45) is 1.21. The van der Waals surface area contributed by atoms with Gasteiger partial charge in [-0.2, -0.15) is 0 Å². The first kappa shape index (κ1) is 9.86. The molecule has 1 aromatic carbocycles. The molecule has 0 radical (unpaired) electrons. The molecule has 0 saturated heterocycles. The number of carbonyl (C=O) groups is 1. The van der Waals surface area contributed by atoms with Crippen LogP contribution in [0, 0.1) is 0 Å². The number of hydrogen-bond acceptors (Lipinski definition) is 3. The molecule has 0 fully saturated rings. The van der Waals surface area contributed by atoms with Gasteiger partial charge >= 0.3 is 5.97 Å². The molecule has 0 saturated carbocycles. The van der Waals surface area contributed by atoms with Gasteiger partial charge < -0.3 is 14.6 Å². The van der Waals surface area contributed by atoms with Crippen LogP contribution in [0.15, 0.2) is 22.8 Å². The Morgan fingerprint density at radius 1 is 1.47 bits per heavy atom. The lowest BCUT2D eigenvalue weighted by Crippen LogP contribution is -1.98. The van der Waals surface area contributed by atoms with Gasteiger partial charge in [0.15, 0.2) is 5.58 Å². The van der Waals surface area contributed by atoms with Crippen molar-refractivity contribution in [2.24, 2.45) is 0 Å². The highest BCUT2D eigenvalue weighted by molar-refractivity contribution is 6.36. The van der Waals surface area contributed by atoms with E-state index in [1.54, 1.807) is 6.07 Å². The van der Waals surface area contributed by atoms with E-state index in [-0.39, 0.29) is 17.2 Å². The van der Waals surface area contributed by atoms with E-state index in [0.717, 1.165) is 0 Å². The highest BCUT2D eigenvalue weighted by Gasteiger charge is 2.13. The average Bonchev–Trinajstić information content (AvgIpc) is 2.55. The second kappa shape index (κ2) is 3.47. The summed E-state index contributed by atoms with van der Waals surface area (Å²) in [5, 5.41) is 18.7. The zero-order chi connectivity index (χ0) is 11.0. The maximum atomic E-state index is 10.5. The summed E-state index contributed by atoms with van der Waals surface area (Å²) in [5.74, 6) is -1.03. The molecule has 15 heavy (non-hydrogen) atoms. The maximum Gasteiger partial charge on any atom is 0.307 e. The largest absolute Gasteiger partial charge is 0.506 e. The van der Waals surface area contributed by atoms with Gasteiger partial charge in [0.05, 0.1) is 12.7 Å². The molecule has 1 aromatic heterocycles. The number of furan rings is 1. The van der Waals surface area contributed by atoms with Crippen molar-refractivity contribution in [1.82, 2.24) is 0 Å². The van der Waals surface area contributed by atoms with Gasteiger partial charge in [0.2, 0.25) is 0 Å². The van der Waals surface area contributed by atoms with Crippen molar-refractivity contribution in [3.8, 4) is 5.75 Å². The Balaban J connectivity index is 2.61. The number of carboxylic acid groups (broad SMARTS) is 1. The molecule has 0 amide bonds. The number of benzene rings is 1. The zero-order valence-corrected chi connectivity index (χ0v) is 8.28. The normalized spacial score (nSPS) is 10.7. The fourth-order valence-electron chi connectivity index (χ4n) is 1.41. The highest BCUT2D eigenvalue weighted by Crippen LogP contribution is 2.34. The number of halogens is 1. The number of fused-ring (bicyclic) bond motifs is 1. The molecule has 0 bridgehead atoms. The minimum absolute atomic E-state index is 0.0830. The number of carboxylic acids is 1. The third-order valence-corrected chi connectivity index (χ3v) is 2.45.